The highest BCUT2D eigenvalue weighted by molar-refractivity contribution is 6.04. The Kier molecular flexibility index (Phi) is 3.33. The van der Waals surface area contributed by atoms with Gasteiger partial charge in [0.1, 0.15) is 0 Å². The van der Waals surface area contributed by atoms with Gasteiger partial charge >= 0.3 is 0 Å². The summed E-state index contributed by atoms with van der Waals surface area (Å²) in [5.74, 6) is 4.72. The number of benzene rings is 2. The first-order valence-electron chi connectivity index (χ1n) is 5.27. The maximum atomic E-state index is 11.9. The van der Waals surface area contributed by atoms with Crippen molar-refractivity contribution in [3.05, 3.63) is 65.1 Å². The Morgan fingerprint density at radius 3 is 2.61 bits per heavy atom. The number of nitrogens with one attached hydrogen (secondary N) is 1. The van der Waals surface area contributed by atoms with E-state index in [1.807, 2.05) is 18.2 Å². The number of para-hydroxylation sites is 1. The van der Waals surface area contributed by atoms with Crippen molar-refractivity contribution in [3.8, 4) is 0 Å². The fourth-order valence-electron chi connectivity index (χ4n) is 1.44. The van der Waals surface area contributed by atoms with Gasteiger partial charge in [-0.1, -0.05) is 18.2 Å². The predicted molar refractivity (Wildman–Crippen MR) is 67.1 cm³/mol. The van der Waals surface area contributed by atoms with Crippen molar-refractivity contribution in [3.63, 3.8) is 0 Å². The van der Waals surface area contributed by atoms with Crippen molar-refractivity contribution in [1.82, 2.24) is 0 Å². The van der Waals surface area contributed by atoms with Crippen molar-refractivity contribution < 1.29 is 9.66 Å². The Morgan fingerprint density at radius 2 is 1.94 bits per heavy atom. The van der Waals surface area contributed by atoms with Gasteiger partial charge in [-0.15, -0.1) is 0 Å². The van der Waals surface area contributed by atoms with Gasteiger partial charge in [-0.3, -0.25) is 4.79 Å². The zero-order valence-corrected chi connectivity index (χ0v) is 9.46. The fourth-order valence-corrected chi connectivity index (χ4v) is 1.44. The van der Waals surface area contributed by atoms with E-state index in [1.54, 1.807) is 12.1 Å². The Bertz CT molecular complexity index is 582. The first-order chi connectivity index (χ1) is 8.66. The van der Waals surface area contributed by atoms with Gasteiger partial charge < -0.3 is 5.32 Å². The number of nitrogens with zero attached hydrogens (tertiary/aromatic N) is 1. The number of anilines is 1. The predicted octanol–water partition coefficient (Wildman–Crippen LogP) is 2.02. The average molecular weight is 241 g/mol. The van der Waals surface area contributed by atoms with E-state index in [4.69, 9.17) is 5.84 Å². The van der Waals surface area contributed by atoms with E-state index in [9.17, 15) is 9.70 Å². The molecule has 1 amide bonds. The molecule has 0 aliphatic heterocycles. The molecule has 0 aliphatic carbocycles. The van der Waals surface area contributed by atoms with Crippen LogP contribution in [0.1, 0.15) is 10.4 Å². The lowest BCUT2D eigenvalue weighted by Gasteiger charge is -2.03. The monoisotopic (exact) mass is 241 g/mol. The van der Waals surface area contributed by atoms with Crippen molar-refractivity contribution in [2.24, 2.45) is 5.84 Å². The van der Waals surface area contributed by atoms with E-state index < -0.39 is 0 Å². The molecule has 0 spiro atoms. The summed E-state index contributed by atoms with van der Waals surface area (Å²) < 4.78 is 0. The summed E-state index contributed by atoms with van der Waals surface area (Å²) >= 11 is 0. The van der Waals surface area contributed by atoms with Crippen LogP contribution in [0.3, 0.4) is 0 Å². The number of carbonyl (C=O) groups is 1. The van der Waals surface area contributed by atoms with Crippen LogP contribution >= 0.6 is 0 Å². The maximum Gasteiger partial charge on any atom is 0.292 e. The van der Waals surface area contributed by atoms with E-state index >= 15 is 0 Å². The lowest BCUT2D eigenvalue weighted by molar-refractivity contribution is -0.474. The molecule has 0 saturated heterocycles. The van der Waals surface area contributed by atoms with Gasteiger partial charge in [0, 0.05) is 17.8 Å². The number of hydrogen-bond donors (Lipinski definition) is 2. The Labute approximate surface area is 104 Å². The summed E-state index contributed by atoms with van der Waals surface area (Å²) in [5.41, 5.74) is 1.13. The molecule has 0 fully saturated rings. The molecule has 5 heteroatoms. The summed E-state index contributed by atoms with van der Waals surface area (Å²) in [5, 5.41) is 2.69. The molecule has 3 N–H and O–H groups in total. The van der Waals surface area contributed by atoms with Crippen LogP contribution in [-0.2, 0) is 0 Å². The zero-order chi connectivity index (χ0) is 13.0. The van der Waals surface area contributed by atoms with Crippen molar-refractivity contribution in [2.75, 3.05) is 5.32 Å². The number of amides is 1. The molecule has 2 aromatic rings. The van der Waals surface area contributed by atoms with Crippen LogP contribution in [0.4, 0.5) is 11.4 Å². The number of nitroso groups, excluding NO2 is 1. The SMILES string of the molecule is N[N+](=O)c1cc[c]c(C(=O)Nc2ccccc2)c1. The summed E-state index contributed by atoms with van der Waals surface area (Å²) in [6.07, 6.45) is 0. The summed E-state index contributed by atoms with van der Waals surface area (Å²) in [6, 6.07) is 16.1. The van der Waals surface area contributed by atoms with Crippen LogP contribution in [0.2, 0.25) is 0 Å². The number of nitrogens with two attached hydrogens (primary N) is 1. The van der Waals surface area contributed by atoms with Crippen molar-refractivity contribution in [1.29, 1.82) is 0 Å². The molecule has 2 rings (SSSR count). The molecule has 1 radical (unpaired) electrons. The second-order valence-electron chi connectivity index (χ2n) is 3.61. The number of hydrogen-bond acceptors (Lipinski definition) is 2. The minimum Gasteiger partial charge on any atom is -0.322 e. The Morgan fingerprint density at radius 1 is 1.22 bits per heavy atom. The Balaban J connectivity index is 2.19. The Hall–Kier alpha value is -2.69. The molecule has 18 heavy (non-hydrogen) atoms. The highest BCUT2D eigenvalue weighted by Crippen LogP contribution is 2.13. The van der Waals surface area contributed by atoms with Crippen molar-refractivity contribution >= 4 is 17.3 Å². The van der Waals surface area contributed by atoms with Crippen LogP contribution < -0.4 is 11.2 Å². The molecule has 0 heterocycles. The van der Waals surface area contributed by atoms with E-state index in [0.717, 1.165) is 0 Å². The summed E-state index contributed by atoms with van der Waals surface area (Å²) in [4.78, 5) is 23.0. The largest absolute Gasteiger partial charge is 0.322 e. The highest BCUT2D eigenvalue weighted by atomic mass is 16.3. The van der Waals surface area contributed by atoms with E-state index in [0.29, 0.717) is 5.69 Å². The smallest absolute Gasteiger partial charge is 0.292 e. The molecule has 2 aromatic carbocycles. The second kappa shape index (κ2) is 5.09. The standard InChI is InChI=1S/C13H10N3O2/c14-16(18)12-8-4-5-10(9-12)13(17)15-11-6-2-1-3-7-11/h1-4,6-9H,(H2-,14,15,17,18)/p+1. The zero-order valence-electron chi connectivity index (χ0n) is 9.46. The summed E-state index contributed by atoms with van der Waals surface area (Å²) in [6.45, 7) is 0. The normalized spacial score (nSPS) is 9.78. The molecule has 0 aromatic heterocycles. The lowest BCUT2D eigenvalue weighted by atomic mass is 10.2. The number of hydrazine groups is 1. The molecule has 89 valence electrons. The van der Waals surface area contributed by atoms with Gasteiger partial charge in [0.25, 0.3) is 11.6 Å². The molecule has 0 aliphatic rings. The third-order valence-corrected chi connectivity index (χ3v) is 2.32. The maximum absolute atomic E-state index is 11.9. The van der Waals surface area contributed by atoms with Crippen LogP contribution in [0.25, 0.3) is 0 Å². The lowest BCUT2D eigenvalue weighted by Crippen LogP contribution is -2.14. The first kappa shape index (κ1) is 11.8. The van der Waals surface area contributed by atoms with E-state index in [-0.39, 0.29) is 22.0 Å². The number of rotatable bonds is 3. The molecule has 0 saturated carbocycles. The second-order valence-corrected chi connectivity index (χ2v) is 3.61. The highest BCUT2D eigenvalue weighted by Gasteiger charge is 2.13. The van der Waals surface area contributed by atoms with Gasteiger partial charge in [0.2, 0.25) is 0 Å². The third kappa shape index (κ3) is 2.70. The quantitative estimate of drug-likeness (QED) is 0.490. The van der Waals surface area contributed by atoms with Gasteiger partial charge in [-0.2, -0.15) is 5.84 Å². The number of carbonyl (C=O) groups excluding carboxylic acids is 1. The summed E-state index contributed by atoms with van der Waals surface area (Å²) in [7, 11) is 0. The minimum atomic E-state index is -0.343. The van der Waals surface area contributed by atoms with Gasteiger partial charge in [0.05, 0.1) is 10.5 Å². The average Bonchev–Trinajstić information content (AvgIpc) is 2.40. The van der Waals surface area contributed by atoms with Gasteiger partial charge in [0.15, 0.2) is 4.87 Å². The molecule has 5 nitrogen and oxygen atoms in total. The molecule has 0 atom stereocenters. The first-order valence-corrected chi connectivity index (χ1v) is 5.27. The van der Waals surface area contributed by atoms with Gasteiger partial charge in [-0.25, -0.2) is 0 Å². The van der Waals surface area contributed by atoms with Crippen molar-refractivity contribution in [2.45, 2.75) is 0 Å². The van der Waals surface area contributed by atoms with Crippen LogP contribution in [0.15, 0.2) is 48.5 Å². The molecular formula is C13H11N3O2+. The fraction of sp³-hybridized carbons (Fsp3) is 0. The van der Waals surface area contributed by atoms with Crippen LogP contribution in [0, 0.1) is 11.0 Å². The van der Waals surface area contributed by atoms with Gasteiger partial charge in [-0.05, 0) is 24.3 Å². The third-order valence-electron chi connectivity index (χ3n) is 2.32. The topological polar surface area (TPSA) is 75.2 Å². The van der Waals surface area contributed by atoms with Crippen LogP contribution in [-0.4, -0.2) is 10.8 Å². The van der Waals surface area contributed by atoms with E-state index in [2.05, 4.69) is 11.4 Å². The minimum absolute atomic E-state index is 0.201. The van der Waals surface area contributed by atoms with E-state index in [1.165, 1.54) is 18.2 Å². The molecular weight excluding hydrogens is 230 g/mol. The molecule has 0 bridgehead atoms. The molecule has 0 unspecified atom stereocenters. The van der Waals surface area contributed by atoms with Crippen LogP contribution in [0.5, 0.6) is 0 Å².